The molecule has 0 aliphatic carbocycles. The van der Waals surface area contributed by atoms with Crippen molar-refractivity contribution in [1.29, 1.82) is 0 Å². The molecule has 1 aliphatic rings. The smallest absolute Gasteiger partial charge is 0.270 e. The second kappa shape index (κ2) is 8.60. The number of hydrogen-bond donors (Lipinski definition) is 3. The van der Waals surface area contributed by atoms with E-state index in [9.17, 15) is 14.7 Å². The molecule has 3 heterocycles. The van der Waals surface area contributed by atoms with Crippen LogP contribution in [0.2, 0.25) is 0 Å². The van der Waals surface area contributed by atoms with Gasteiger partial charge in [0.15, 0.2) is 11.3 Å². The first kappa shape index (κ1) is 24.0. The molecule has 0 bridgehead atoms. The second-order valence-electron chi connectivity index (χ2n) is 9.56. The molecule has 4 rings (SSSR count). The highest BCUT2D eigenvalue weighted by Gasteiger charge is 2.31. The molecule has 182 valence electrons. The van der Waals surface area contributed by atoms with Crippen LogP contribution in [0, 0.1) is 18.8 Å². The molecule has 1 atom stereocenters. The van der Waals surface area contributed by atoms with Crippen molar-refractivity contribution >= 4 is 11.8 Å². The summed E-state index contributed by atoms with van der Waals surface area (Å²) in [6.45, 7) is 9.32. The largest absolute Gasteiger partial charge is 0.491 e. The summed E-state index contributed by atoms with van der Waals surface area (Å²) in [7, 11) is 0. The Bertz CT molecular complexity index is 1380. The number of carbonyl (C=O) groups is 2. The number of nitrogens with zero attached hydrogens (tertiary/aromatic N) is 3. The van der Waals surface area contributed by atoms with E-state index in [-0.39, 0.29) is 18.0 Å². The lowest BCUT2D eigenvalue weighted by molar-refractivity contribution is 0.0896. The molecule has 0 saturated heterocycles. The number of aliphatic hydroxyl groups is 1. The van der Waals surface area contributed by atoms with E-state index in [1.54, 1.807) is 35.8 Å². The zero-order chi connectivity index (χ0) is 25.5. The van der Waals surface area contributed by atoms with E-state index in [0.717, 1.165) is 0 Å². The van der Waals surface area contributed by atoms with Crippen LogP contribution < -0.4 is 15.8 Å². The number of aryl methyl sites for hydroxylation is 1. The number of rotatable bonds is 3. The average Bonchev–Trinajstić information content (AvgIpc) is 3.32. The standard InChI is InChI=1S/C25H27N5O5/c1-14-12-18(29-35-14)25(5,33)9-8-15-6-7-17-16(13-15)22-27-19(21(26)31)20(30(22)10-11-34-17)23(32)28-24(2,3)4/h6-7,12-13,33H,10-11H2,1-5H3,(H2,26,31)(H,28,32). The van der Waals surface area contributed by atoms with Crippen molar-refractivity contribution in [2.24, 2.45) is 5.73 Å². The molecule has 4 N–H and O–H groups in total. The molecule has 0 spiro atoms. The lowest BCUT2D eigenvalue weighted by atomic mass is 10.0. The number of nitrogens with one attached hydrogen (secondary N) is 1. The van der Waals surface area contributed by atoms with Gasteiger partial charge in [-0.05, 0) is 52.8 Å². The van der Waals surface area contributed by atoms with Crippen molar-refractivity contribution in [2.75, 3.05) is 6.61 Å². The third-order valence-electron chi connectivity index (χ3n) is 5.27. The van der Waals surface area contributed by atoms with Gasteiger partial charge in [-0.3, -0.25) is 9.59 Å². The minimum Gasteiger partial charge on any atom is -0.491 e. The molecule has 2 amide bonds. The van der Waals surface area contributed by atoms with Gasteiger partial charge in [-0.1, -0.05) is 17.0 Å². The highest BCUT2D eigenvalue weighted by atomic mass is 16.5. The molecular formula is C25H27N5O5. The number of carbonyl (C=O) groups excluding carboxylic acids is 2. The summed E-state index contributed by atoms with van der Waals surface area (Å²) in [5, 5.41) is 17.4. The molecule has 1 unspecified atom stereocenters. The number of primary amides is 1. The van der Waals surface area contributed by atoms with E-state index in [4.69, 9.17) is 15.0 Å². The van der Waals surface area contributed by atoms with Crippen LogP contribution in [-0.2, 0) is 12.1 Å². The molecule has 0 fully saturated rings. The van der Waals surface area contributed by atoms with Crippen molar-refractivity contribution in [3.8, 4) is 29.0 Å². The average molecular weight is 478 g/mol. The van der Waals surface area contributed by atoms with E-state index in [1.807, 2.05) is 20.8 Å². The van der Waals surface area contributed by atoms with Crippen LogP contribution in [0.3, 0.4) is 0 Å². The Kier molecular flexibility index (Phi) is 5.90. The van der Waals surface area contributed by atoms with Gasteiger partial charge in [0.2, 0.25) is 0 Å². The lowest BCUT2D eigenvalue weighted by Crippen LogP contribution is -2.42. The third kappa shape index (κ3) is 4.90. The second-order valence-corrected chi connectivity index (χ2v) is 9.56. The summed E-state index contributed by atoms with van der Waals surface area (Å²) in [5.41, 5.74) is 4.90. The van der Waals surface area contributed by atoms with Crippen molar-refractivity contribution in [3.63, 3.8) is 0 Å². The van der Waals surface area contributed by atoms with Gasteiger partial charge in [0.1, 0.15) is 35.3 Å². The Morgan fingerprint density at radius 3 is 2.60 bits per heavy atom. The summed E-state index contributed by atoms with van der Waals surface area (Å²) in [6.07, 6.45) is 0. The van der Waals surface area contributed by atoms with Gasteiger partial charge in [-0.2, -0.15) is 0 Å². The normalized spacial score (nSPS) is 14.3. The fourth-order valence-corrected chi connectivity index (χ4v) is 3.69. The van der Waals surface area contributed by atoms with Gasteiger partial charge >= 0.3 is 0 Å². The van der Waals surface area contributed by atoms with E-state index in [2.05, 4.69) is 27.3 Å². The summed E-state index contributed by atoms with van der Waals surface area (Å²) < 4.78 is 12.5. The van der Waals surface area contributed by atoms with Gasteiger partial charge in [0.05, 0.1) is 12.1 Å². The summed E-state index contributed by atoms with van der Waals surface area (Å²) in [6, 6.07) is 6.83. The Morgan fingerprint density at radius 1 is 1.23 bits per heavy atom. The van der Waals surface area contributed by atoms with Gasteiger partial charge in [0.25, 0.3) is 11.8 Å². The van der Waals surface area contributed by atoms with Gasteiger partial charge in [-0.15, -0.1) is 0 Å². The van der Waals surface area contributed by atoms with Gasteiger partial charge < -0.3 is 30.0 Å². The first-order chi connectivity index (χ1) is 16.4. The lowest BCUT2D eigenvalue weighted by Gasteiger charge is -2.21. The molecule has 10 nitrogen and oxygen atoms in total. The number of imidazole rings is 1. The van der Waals surface area contributed by atoms with E-state index >= 15 is 0 Å². The zero-order valence-corrected chi connectivity index (χ0v) is 20.2. The molecule has 1 aliphatic heterocycles. The van der Waals surface area contributed by atoms with Crippen molar-refractivity contribution in [1.82, 2.24) is 20.0 Å². The highest BCUT2D eigenvalue weighted by molar-refractivity contribution is 6.05. The predicted octanol–water partition coefficient (Wildman–Crippen LogP) is 2.13. The monoisotopic (exact) mass is 477 g/mol. The van der Waals surface area contributed by atoms with E-state index in [0.29, 0.717) is 40.7 Å². The SMILES string of the molecule is Cc1cc(C(C)(O)C#Cc2ccc3c(c2)-c2nc(C(N)=O)c(C(=O)NC(C)(C)C)n2CCO3)no1. The van der Waals surface area contributed by atoms with Gasteiger partial charge in [-0.25, -0.2) is 4.98 Å². The van der Waals surface area contributed by atoms with Crippen LogP contribution in [0.5, 0.6) is 5.75 Å². The van der Waals surface area contributed by atoms with E-state index < -0.39 is 23.0 Å². The molecule has 3 aromatic rings. The van der Waals surface area contributed by atoms with Crippen molar-refractivity contribution in [3.05, 3.63) is 52.7 Å². The van der Waals surface area contributed by atoms with Crippen LogP contribution in [0.4, 0.5) is 0 Å². The van der Waals surface area contributed by atoms with Crippen LogP contribution in [0.15, 0.2) is 28.8 Å². The Hall–Kier alpha value is -4.10. The Morgan fingerprint density at radius 2 is 1.97 bits per heavy atom. The minimum absolute atomic E-state index is 0.0831. The van der Waals surface area contributed by atoms with Crippen LogP contribution >= 0.6 is 0 Å². The fourth-order valence-electron chi connectivity index (χ4n) is 3.69. The first-order valence-electron chi connectivity index (χ1n) is 11.0. The predicted molar refractivity (Wildman–Crippen MR) is 127 cm³/mol. The fraction of sp³-hybridized carbons (Fsp3) is 0.360. The number of fused-ring (bicyclic) bond motifs is 3. The zero-order valence-electron chi connectivity index (χ0n) is 20.2. The molecule has 2 aromatic heterocycles. The highest BCUT2D eigenvalue weighted by Crippen LogP contribution is 2.34. The number of hydrogen-bond acceptors (Lipinski definition) is 7. The number of ether oxygens (including phenoxy) is 1. The molecule has 0 radical (unpaired) electrons. The number of amides is 2. The quantitative estimate of drug-likeness (QED) is 0.490. The van der Waals surface area contributed by atoms with Gasteiger partial charge in [0, 0.05) is 17.2 Å². The van der Waals surface area contributed by atoms with Crippen molar-refractivity contribution < 1.29 is 24.0 Å². The number of aromatic nitrogens is 3. The van der Waals surface area contributed by atoms with Crippen LogP contribution in [0.25, 0.3) is 11.4 Å². The molecular weight excluding hydrogens is 450 g/mol. The maximum absolute atomic E-state index is 13.1. The summed E-state index contributed by atoms with van der Waals surface area (Å²) >= 11 is 0. The third-order valence-corrected chi connectivity index (χ3v) is 5.27. The van der Waals surface area contributed by atoms with Crippen LogP contribution in [-0.4, -0.2) is 43.8 Å². The number of benzene rings is 1. The molecule has 10 heteroatoms. The maximum Gasteiger partial charge on any atom is 0.270 e. The number of nitrogens with two attached hydrogens (primary N) is 1. The maximum atomic E-state index is 13.1. The Balaban J connectivity index is 1.80. The molecule has 0 saturated carbocycles. The molecule has 35 heavy (non-hydrogen) atoms. The van der Waals surface area contributed by atoms with E-state index in [1.165, 1.54) is 6.92 Å². The molecule has 1 aromatic carbocycles. The topological polar surface area (TPSA) is 146 Å². The summed E-state index contributed by atoms with van der Waals surface area (Å²) in [4.78, 5) is 29.7. The first-order valence-corrected chi connectivity index (χ1v) is 11.0. The summed E-state index contributed by atoms with van der Waals surface area (Å²) in [5.74, 6) is 5.95. The van der Waals surface area contributed by atoms with Crippen molar-refractivity contribution in [2.45, 2.75) is 52.3 Å². The van der Waals surface area contributed by atoms with Crippen LogP contribution in [0.1, 0.15) is 65.7 Å². The minimum atomic E-state index is -1.53. The Labute approximate surface area is 202 Å².